The Hall–Kier alpha value is -3.22. The van der Waals surface area contributed by atoms with Gasteiger partial charge in [0.1, 0.15) is 5.82 Å². The van der Waals surface area contributed by atoms with Gasteiger partial charge in [-0.25, -0.2) is 8.78 Å². The van der Waals surface area contributed by atoms with Gasteiger partial charge in [0.2, 0.25) is 0 Å². The summed E-state index contributed by atoms with van der Waals surface area (Å²) in [6.45, 7) is -0.211. The zero-order valence-corrected chi connectivity index (χ0v) is 13.2. The van der Waals surface area contributed by atoms with Crippen molar-refractivity contribution in [3.8, 4) is 28.1 Å². The number of carbonyl (C=O) groups excluding carboxylic acids is 1. The van der Waals surface area contributed by atoms with E-state index in [1.807, 2.05) is 0 Å². The second-order valence-corrected chi connectivity index (χ2v) is 5.71. The number of hydrogen-bond acceptors (Lipinski definition) is 3. The first-order valence-corrected chi connectivity index (χ1v) is 7.57. The molecule has 126 valence electrons. The maximum atomic E-state index is 14.4. The van der Waals surface area contributed by atoms with Gasteiger partial charge < -0.3 is 10.1 Å². The molecular weight excluding hydrogens is 328 g/mol. The van der Waals surface area contributed by atoms with Crippen LogP contribution in [0.1, 0.15) is 0 Å². The van der Waals surface area contributed by atoms with Gasteiger partial charge in [0, 0.05) is 18.2 Å². The molecule has 2 heterocycles. The lowest BCUT2D eigenvalue weighted by Crippen LogP contribution is -2.26. The second kappa shape index (κ2) is 5.70. The zero-order chi connectivity index (χ0) is 17.6. The lowest BCUT2D eigenvalue weighted by molar-refractivity contribution is -0.118. The van der Waals surface area contributed by atoms with Crippen LogP contribution in [0.5, 0.6) is 5.75 Å². The molecule has 0 unspecified atom stereocenters. The summed E-state index contributed by atoms with van der Waals surface area (Å²) in [4.78, 5) is 11.5. The minimum absolute atomic E-state index is 0.0237. The number of carbonyl (C=O) groups is 1. The van der Waals surface area contributed by atoms with Crippen LogP contribution in [0.25, 0.3) is 22.4 Å². The Morgan fingerprint density at radius 2 is 1.92 bits per heavy atom. The molecule has 0 saturated carbocycles. The minimum atomic E-state index is -0.568. The van der Waals surface area contributed by atoms with Gasteiger partial charge in [-0.2, -0.15) is 5.10 Å². The summed E-state index contributed by atoms with van der Waals surface area (Å²) in [5.74, 6) is -1.22. The van der Waals surface area contributed by atoms with Crippen LogP contribution in [-0.4, -0.2) is 22.3 Å². The van der Waals surface area contributed by atoms with E-state index in [2.05, 4.69) is 10.4 Å². The highest BCUT2D eigenvalue weighted by molar-refractivity contribution is 5.96. The third-order valence-electron chi connectivity index (χ3n) is 4.03. The molecule has 1 aromatic heterocycles. The predicted molar refractivity (Wildman–Crippen MR) is 88.1 cm³/mol. The molecule has 25 heavy (non-hydrogen) atoms. The number of amides is 1. The van der Waals surface area contributed by atoms with Crippen LogP contribution in [0, 0.1) is 11.6 Å². The number of nitrogens with one attached hydrogen (secondary N) is 1. The fourth-order valence-corrected chi connectivity index (χ4v) is 2.91. The van der Waals surface area contributed by atoms with Crippen LogP contribution in [-0.2, 0) is 11.8 Å². The predicted octanol–water partition coefficient (Wildman–Crippen LogP) is 3.36. The molecule has 2 aromatic carbocycles. The van der Waals surface area contributed by atoms with Crippen LogP contribution >= 0.6 is 0 Å². The molecule has 0 radical (unpaired) electrons. The number of fused-ring (bicyclic) bond motifs is 1. The number of rotatable bonds is 2. The standard InChI is InChI=1S/C18H13F2N3O2/c1-23-17(10-2-4-12(19)5-3-10)13(8-21-23)11-6-14(20)18-15(7-11)22-16(24)9-25-18/h2-8H,9H2,1H3,(H,22,24). The van der Waals surface area contributed by atoms with E-state index in [1.54, 1.807) is 36.1 Å². The number of ether oxygens (including phenoxy) is 1. The SMILES string of the molecule is Cn1ncc(-c2cc(F)c3c(c2)NC(=O)CO3)c1-c1ccc(F)cc1. The van der Waals surface area contributed by atoms with Crippen molar-refractivity contribution in [2.24, 2.45) is 7.05 Å². The summed E-state index contributed by atoms with van der Waals surface area (Å²) < 4.78 is 34.4. The van der Waals surface area contributed by atoms with Crippen LogP contribution < -0.4 is 10.1 Å². The van der Waals surface area contributed by atoms with Crippen LogP contribution in [0.3, 0.4) is 0 Å². The Morgan fingerprint density at radius 1 is 1.16 bits per heavy atom. The summed E-state index contributed by atoms with van der Waals surface area (Å²) in [5.41, 5.74) is 2.93. The molecule has 0 spiro atoms. The van der Waals surface area contributed by atoms with Gasteiger partial charge >= 0.3 is 0 Å². The maximum Gasteiger partial charge on any atom is 0.262 e. The van der Waals surface area contributed by atoms with Crippen molar-refractivity contribution in [1.82, 2.24) is 9.78 Å². The van der Waals surface area contributed by atoms with E-state index in [9.17, 15) is 13.6 Å². The van der Waals surface area contributed by atoms with Crippen molar-refractivity contribution in [3.05, 3.63) is 54.2 Å². The normalized spacial score (nSPS) is 13.2. The van der Waals surface area contributed by atoms with Gasteiger partial charge in [-0.3, -0.25) is 9.48 Å². The fraction of sp³-hybridized carbons (Fsp3) is 0.111. The first kappa shape index (κ1) is 15.3. The Bertz CT molecular complexity index is 981. The zero-order valence-electron chi connectivity index (χ0n) is 13.2. The lowest BCUT2D eigenvalue weighted by Gasteiger charge is -2.19. The highest BCUT2D eigenvalue weighted by Gasteiger charge is 2.23. The molecule has 3 aromatic rings. The van der Waals surface area contributed by atoms with Gasteiger partial charge in [0.15, 0.2) is 18.2 Å². The molecule has 1 amide bonds. The van der Waals surface area contributed by atoms with E-state index >= 15 is 0 Å². The van der Waals surface area contributed by atoms with Crippen molar-refractivity contribution in [2.45, 2.75) is 0 Å². The molecule has 1 N–H and O–H groups in total. The van der Waals surface area contributed by atoms with E-state index in [-0.39, 0.29) is 29.8 Å². The van der Waals surface area contributed by atoms with Gasteiger partial charge in [-0.05, 0) is 42.0 Å². The van der Waals surface area contributed by atoms with Gasteiger partial charge in [0.05, 0.1) is 17.6 Å². The average Bonchev–Trinajstić information content (AvgIpc) is 2.97. The first-order valence-electron chi connectivity index (χ1n) is 7.57. The largest absolute Gasteiger partial charge is 0.478 e. The summed E-state index contributed by atoms with van der Waals surface area (Å²) in [6.07, 6.45) is 1.60. The molecule has 1 aliphatic heterocycles. The Kier molecular flexibility index (Phi) is 3.49. The summed E-state index contributed by atoms with van der Waals surface area (Å²) in [6, 6.07) is 8.95. The maximum absolute atomic E-state index is 14.4. The Balaban J connectivity index is 1.86. The molecule has 0 atom stereocenters. The second-order valence-electron chi connectivity index (χ2n) is 5.71. The quantitative estimate of drug-likeness (QED) is 0.778. The number of aryl methyl sites for hydroxylation is 1. The highest BCUT2D eigenvalue weighted by atomic mass is 19.1. The molecular formula is C18H13F2N3O2. The molecule has 0 fully saturated rings. The van der Waals surface area contributed by atoms with Crippen LogP contribution in [0.15, 0.2) is 42.6 Å². The average molecular weight is 341 g/mol. The smallest absolute Gasteiger partial charge is 0.262 e. The number of anilines is 1. The minimum Gasteiger partial charge on any atom is -0.478 e. The topological polar surface area (TPSA) is 56.2 Å². The monoisotopic (exact) mass is 341 g/mol. The van der Waals surface area contributed by atoms with Crippen LogP contribution in [0.2, 0.25) is 0 Å². The molecule has 1 aliphatic rings. The van der Waals surface area contributed by atoms with Gasteiger partial charge in [0.25, 0.3) is 5.91 Å². The third kappa shape index (κ3) is 2.63. The lowest BCUT2D eigenvalue weighted by atomic mass is 10.0. The van der Waals surface area contributed by atoms with Gasteiger partial charge in [-0.15, -0.1) is 0 Å². The van der Waals surface area contributed by atoms with Crippen molar-refractivity contribution in [3.63, 3.8) is 0 Å². The Morgan fingerprint density at radius 3 is 2.68 bits per heavy atom. The molecule has 7 heteroatoms. The summed E-state index contributed by atoms with van der Waals surface area (Å²) in [7, 11) is 1.75. The van der Waals surface area contributed by atoms with E-state index < -0.39 is 5.82 Å². The Labute approximate surface area is 141 Å². The highest BCUT2D eigenvalue weighted by Crippen LogP contribution is 2.38. The third-order valence-corrected chi connectivity index (χ3v) is 4.03. The van der Waals surface area contributed by atoms with Crippen LogP contribution in [0.4, 0.5) is 14.5 Å². The van der Waals surface area contributed by atoms with E-state index in [0.29, 0.717) is 16.8 Å². The molecule has 4 rings (SSSR count). The van der Waals surface area contributed by atoms with Crippen molar-refractivity contribution in [1.29, 1.82) is 0 Å². The van der Waals surface area contributed by atoms with E-state index in [4.69, 9.17) is 4.74 Å². The number of aromatic nitrogens is 2. The number of halogens is 2. The molecule has 0 saturated heterocycles. The number of benzene rings is 2. The van der Waals surface area contributed by atoms with Gasteiger partial charge in [-0.1, -0.05) is 0 Å². The molecule has 5 nitrogen and oxygen atoms in total. The van der Waals surface area contributed by atoms with Crippen molar-refractivity contribution >= 4 is 11.6 Å². The van der Waals surface area contributed by atoms with Crippen molar-refractivity contribution < 1.29 is 18.3 Å². The number of hydrogen-bond donors (Lipinski definition) is 1. The van der Waals surface area contributed by atoms with Crippen molar-refractivity contribution in [2.75, 3.05) is 11.9 Å². The molecule has 0 bridgehead atoms. The molecule has 0 aliphatic carbocycles. The fourth-order valence-electron chi connectivity index (χ4n) is 2.91. The van der Waals surface area contributed by atoms with E-state index in [0.717, 1.165) is 5.56 Å². The summed E-state index contributed by atoms with van der Waals surface area (Å²) >= 11 is 0. The first-order chi connectivity index (χ1) is 12.0. The number of nitrogens with zero attached hydrogens (tertiary/aromatic N) is 2. The van der Waals surface area contributed by atoms with E-state index in [1.165, 1.54) is 18.2 Å². The summed E-state index contributed by atoms with van der Waals surface area (Å²) in [5, 5.41) is 6.83.